The maximum atomic E-state index is 12.4. The molecule has 8 heteroatoms. The molecule has 4 rings (SSSR count). The van der Waals surface area contributed by atoms with Gasteiger partial charge in [0.1, 0.15) is 10.8 Å². The van der Waals surface area contributed by atoms with Gasteiger partial charge >= 0.3 is 0 Å². The fourth-order valence-electron chi connectivity index (χ4n) is 2.96. The molecule has 0 bridgehead atoms. The van der Waals surface area contributed by atoms with Crippen molar-refractivity contribution in [1.29, 1.82) is 0 Å². The molecule has 4 aromatic rings. The highest BCUT2D eigenvalue weighted by Crippen LogP contribution is 2.23. The van der Waals surface area contributed by atoms with E-state index >= 15 is 0 Å². The van der Waals surface area contributed by atoms with Crippen LogP contribution in [0.1, 0.15) is 32.7 Å². The number of thiazole rings is 1. The third-order valence-corrected chi connectivity index (χ3v) is 5.49. The largest absolute Gasteiger partial charge is 0.454 e. The van der Waals surface area contributed by atoms with E-state index in [0.717, 1.165) is 27.7 Å². The molecule has 6 nitrogen and oxygen atoms in total. The van der Waals surface area contributed by atoms with E-state index in [0.29, 0.717) is 23.9 Å². The summed E-state index contributed by atoms with van der Waals surface area (Å²) in [6, 6.07) is 13.0. The van der Waals surface area contributed by atoms with Gasteiger partial charge in [-0.15, -0.1) is 11.3 Å². The Labute approximate surface area is 177 Å². The maximum Gasteiger partial charge on any atom is 0.287 e. The van der Waals surface area contributed by atoms with Crippen LogP contribution in [0, 0.1) is 13.8 Å². The van der Waals surface area contributed by atoms with Gasteiger partial charge in [0.15, 0.2) is 5.76 Å². The van der Waals surface area contributed by atoms with Gasteiger partial charge in [-0.1, -0.05) is 23.7 Å². The Morgan fingerprint density at radius 3 is 2.72 bits per heavy atom. The average Bonchev–Trinajstić information content (AvgIpc) is 3.42. The van der Waals surface area contributed by atoms with Gasteiger partial charge in [-0.05, 0) is 44.2 Å². The molecule has 0 aliphatic heterocycles. The minimum absolute atomic E-state index is 0.270. The predicted molar refractivity (Wildman–Crippen MR) is 113 cm³/mol. The van der Waals surface area contributed by atoms with Crippen molar-refractivity contribution in [2.45, 2.75) is 26.9 Å². The monoisotopic (exact) mass is 426 g/mol. The molecule has 148 valence electrons. The minimum atomic E-state index is -0.270. The van der Waals surface area contributed by atoms with E-state index in [1.54, 1.807) is 12.1 Å². The molecule has 1 amide bonds. The number of nitrogens with one attached hydrogen (secondary N) is 1. The number of benzene rings is 1. The second-order valence-electron chi connectivity index (χ2n) is 6.67. The molecule has 0 saturated heterocycles. The number of carbonyl (C=O) groups excluding carboxylic acids is 1. The number of hydrogen-bond acceptors (Lipinski definition) is 5. The molecule has 0 saturated carbocycles. The summed E-state index contributed by atoms with van der Waals surface area (Å²) in [7, 11) is 0. The SMILES string of the molecule is Cc1cc(C)n(Cc2ccc(C(=O)NCc3nc(-c4ccc(Cl)cc4)cs3)o2)n1. The second kappa shape index (κ2) is 8.23. The number of carbonyl (C=O) groups is 1. The summed E-state index contributed by atoms with van der Waals surface area (Å²) < 4.78 is 7.54. The van der Waals surface area contributed by atoms with Crippen molar-refractivity contribution in [1.82, 2.24) is 20.1 Å². The summed E-state index contributed by atoms with van der Waals surface area (Å²) in [6.45, 7) is 4.76. The third-order valence-electron chi connectivity index (χ3n) is 4.39. The van der Waals surface area contributed by atoms with Gasteiger partial charge in [0, 0.05) is 21.7 Å². The van der Waals surface area contributed by atoms with Crippen LogP contribution in [0.5, 0.6) is 0 Å². The Morgan fingerprint density at radius 1 is 1.21 bits per heavy atom. The summed E-state index contributed by atoms with van der Waals surface area (Å²) >= 11 is 7.42. The van der Waals surface area contributed by atoms with E-state index in [-0.39, 0.29) is 11.7 Å². The highest BCUT2D eigenvalue weighted by molar-refractivity contribution is 7.09. The highest BCUT2D eigenvalue weighted by Gasteiger charge is 2.13. The summed E-state index contributed by atoms with van der Waals surface area (Å²) in [4.78, 5) is 17.0. The van der Waals surface area contributed by atoms with Gasteiger partial charge in [0.2, 0.25) is 0 Å². The molecule has 0 radical (unpaired) electrons. The molecular formula is C21H19ClN4O2S. The smallest absolute Gasteiger partial charge is 0.287 e. The topological polar surface area (TPSA) is 73.0 Å². The average molecular weight is 427 g/mol. The van der Waals surface area contributed by atoms with E-state index in [1.165, 1.54) is 11.3 Å². The molecule has 3 heterocycles. The predicted octanol–water partition coefficient (Wildman–Crippen LogP) is 4.85. The zero-order valence-electron chi connectivity index (χ0n) is 16.0. The van der Waals surface area contributed by atoms with Crippen molar-refractivity contribution in [3.05, 3.63) is 80.8 Å². The molecule has 0 unspecified atom stereocenters. The lowest BCUT2D eigenvalue weighted by Gasteiger charge is -2.02. The molecule has 1 aromatic carbocycles. The first kappa shape index (κ1) is 19.4. The number of nitrogens with zero attached hydrogens (tertiary/aromatic N) is 3. The summed E-state index contributed by atoms with van der Waals surface area (Å²) in [5.74, 6) is 0.685. The van der Waals surface area contributed by atoms with Crippen LogP contribution in [-0.2, 0) is 13.1 Å². The quantitative estimate of drug-likeness (QED) is 0.478. The normalized spacial score (nSPS) is 11.0. The van der Waals surface area contributed by atoms with Crippen molar-refractivity contribution in [2.24, 2.45) is 0 Å². The van der Waals surface area contributed by atoms with E-state index < -0.39 is 0 Å². The van der Waals surface area contributed by atoms with Crippen LogP contribution in [0.2, 0.25) is 5.02 Å². The number of rotatable bonds is 6. The highest BCUT2D eigenvalue weighted by atomic mass is 35.5. The third kappa shape index (κ3) is 4.58. The van der Waals surface area contributed by atoms with E-state index in [9.17, 15) is 4.79 Å². The van der Waals surface area contributed by atoms with Crippen LogP contribution < -0.4 is 5.32 Å². The Kier molecular flexibility index (Phi) is 5.51. The van der Waals surface area contributed by atoms with Gasteiger partial charge in [-0.25, -0.2) is 4.98 Å². The molecule has 1 N–H and O–H groups in total. The van der Waals surface area contributed by atoms with Crippen molar-refractivity contribution < 1.29 is 9.21 Å². The standard InChI is InChI=1S/C21H19ClN4O2S/c1-13-9-14(2)26(25-13)11-17-7-8-19(28-17)21(27)23-10-20-24-18(12-29-20)15-3-5-16(22)6-4-15/h3-9,12H,10-11H2,1-2H3,(H,23,27). The maximum absolute atomic E-state index is 12.4. The molecule has 0 fully saturated rings. The van der Waals surface area contributed by atoms with E-state index in [1.807, 2.05) is 54.2 Å². The first-order chi connectivity index (χ1) is 14.0. The van der Waals surface area contributed by atoms with Crippen LogP contribution in [-0.4, -0.2) is 20.7 Å². The second-order valence-corrected chi connectivity index (χ2v) is 8.05. The Morgan fingerprint density at radius 2 is 2.00 bits per heavy atom. The van der Waals surface area contributed by atoms with Gasteiger partial charge in [-0.3, -0.25) is 9.48 Å². The van der Waals surface area contributed by atoms with Crippen molar-refractivity contribution in [3.8, 4) is 11.3 Å². The molecule has 0 spiro atoms. The lowest BCUT2D eigenvalue weighted by molar-refractivity contribution is 0.0921. The fraction of sp³-hybridized carbons (Fsp3) is 0.190. The lowest BCUT2D eigenvalue weighted by atomic mass is 10.2. The molecule has 0 aliphatic carbocycles. The Bertz CT molecular complexity index is 1140. The van der Waals surface area contributed by atoms with Crippen LogP contribution in [0.3, 0.4) is 0 Å². The first-order valence-electron chi connectivity index (χ1n) is 9.06. The summed E-state index contributed by atoms with van der Waals surface area (Å²) in [6.07, 6.45) is 0. The van der Waals surface area contributed by atoms with Crippen molar-refractivity contribution >= 4 is 28.8 Å². The van der Waals surface area contributed by atoms with Crippen molar-refractivity contribution in [2.75, 3.05) is 0 Å². The number of aryl methyl sites for hydroxylation is 2. The van der Waals surface area contributed by atoms with Crippen LogP contribution in [0.4, 0.5) is 0 Å². The van der Waals surface area contributed by atoms with Crippen LogP contribution in [0.25, 0.3) is 11.3 Å². The number of aromatic nitrogens is 3. The van der Waals surface area contributed by atoms with E-state index in [2.05, 4.69) is 15.4 Å². The molecular weight excluding hydrogens is 408 g/mol. The minimum Gasteiger partial charge on any atom is -0.454 e. The number of hydrogen-bond donors (Lipinski definition) is 1. The van der Waals surface area contributed by atoms with Crippen LogP contribution in [0.15, 0.2) is 52.3 Å². The van der Waals surface area contributed by atoms with E-state index in [4.69, 9.17) is 16.0 Å². The van der Waals surface area contributed by atoms with Crippen molar-refractivity contribution in [3.63, 3.8) is 0 Å². The van der Waals surface area contributed by atoms with Gasteiger partial charge in [0.05, 0.1) is 24.5 Å². The fourth-order valence-corrected chi connectivity index (χ4v) is 3.82. The number of halogens is 1. The lowest BCUT2D eigenvalue weighted by Crippen LogP contribution is -2.22. The van der Waals surface area contributed by atoms with Gasteiger partial charge < -0.3 is 9.73 Å². The van der Waals surface area contributed by atoms with Gasteiger partial charge in [-0.2, -0.15) is 5.10 Å². The zero-order chi connectivity index (χ0) is 20.4. The molecule has 0 atom stereocenters. The number of amides is 1. The summed E-state index contributed by atoms with van der Waals surface area (Å²) in [5, 5.41) is 10.7. The first-order valence-corrected chi connectivity index (χ1v) is 10.3. The molecule has 3 aromatic heterocycles. The van der Waals surface area contributed by atoms with Crippen LogP contribution >= 0.6 is 22.9 Å². The Hall–Kier alpha value is -2.90. The zero-order valence-corrected chi connectivity index (χ0v) is 17.5. The van der Waals surface area contributed by atoms with Gasteiger partial charge in [0.25, 0.3) is 5.91 Å². The summed E-state index contributed by atoms with van der Waals surface area (Å²) in [5.41, 5.74) is 3.85. The Balaban J connectivity index is 1.36. The molecule has 29 heavy (non-hydrogen) atoms. The molecule has 0 aliphatic rings. The number of furan rings is 1.